The van der Waals surface area contributed by atoms with Gasteiger partial charge >= 0.3 is 0 Å². The van der Waals surface area contributed by atoms with Crippen LogP contribution in [-0.4, -0.2) is 16.8 Å². The maximum Gasteiger partial charge on any atom is 0.244 e. The van der Waals surface area contributed by atoms with Crippen LogP contribution in [0.3, 0.4) is 0 Å². The first kappa shape index (κ1) is 20.8. The van der Waals surface area contributed by atoms with E-state index < -0.39 is 5.92 Å². The number of fused-ring (bicyclic) bond motifs is 1. The van der Waals surface area contributed by atoms with Gasteiger partial charge in [-0.05, 0) is 37.6 Å². The minimum atomic E-state index is -0.449. The molecular weight excluding hydrogens is 406 g/mol. The highest BCUT2D eigenvalue weighted by Crippen LogP contribution is 2.44. The number of nitrogens with two attached hydrogens (primary N) is 1. The molecule has 0 radical (unpaired) electrons. The van der Waals surface area contributed by atoms with Crippen molar-refractivity contribution < 1.29 is 14.2 Å². The Kier molecular flexibility index (Phi) is 5.69. The van der Waals surface area contributed by atoms with Crippen LogP contribution in [0.5, 0.6) is 17.4 Å². The van der Waals surface area contributed by atoms with Crippen LogP contribution in [0, 0.1) is 29.6 Å². The molecular formula is C24H21N5O3. The molecule has 0 saturated heterocycles. The highest BCUT2D eigenvalue weighted by atomic mass is 16.5. The number of hydrogen-bond acceptors (Lipinski definition) is 7. The molecule has 1 aliphatic heterocycles. The van der Waals surface area contributed by atoms with Crippen molar-refractivity contribution >= 4 is 0 Å². The summed E-state index contributed by atoms with van der Waals surface area (Å²) in [4.78, 5) is 0. The van der Waals surface area contributed by atoms with Crippen LogP contribution >= 0.6 is 0 Å². The van der Waals surface area contributed by atoms with Gasteiger partial charge in [-0.2, -0.15) is 10.5 Å². The molecule has 2 heterocycles. The highest BCUT2D eigenvalue weighted by Gasteiger charge is 2.34. The number of hydrogen-bond donors (Lipinski definition) is 2. The van der Waals surface area contributed by atoms with Crippen molar-refractivity contribution in [3.63, 3.8) is 0 Å². The quantitative estimate of drug-likeness (QED) is 0.612. The zero-order chi connectivity index (χ0) is 22.7. The van der Waals surface area contributed by atoms with Gasteiger partial charge in [0.25, 0.3) is 0 Å². The topological polar surface area (TPSA) is 130 Å². The third-order valence-electron chi connectivity index (χ3n) is 5.25. The normalized spacial score (nSPS) is 14.7. The Balaban J connectivity index is 1.71. The molecule has 0 spiro atoms. The maximum absolute atomic E-state index is 9.75. The summed E-state index contributed by atoms with van der Waals surface area (Å²) < 4.78 is 17.4. The first-order chi connectivity index (χ1) is 15.6. The Hall–Kier alpha value is -4.43. The molecule has 4 rings (SSSR count). The van der Waals surface area contributed by atoms with Crippen LogP contribution in [0.4, 0.5) is 0 Å². The number of rotatable bonds is 6. The molecule has 0 fully saturated rings. The minimum absolute atomic E-state index is 0.0305. The Morgan fingerprint density at radius 2 is 1.94 bits per heavy atom. The summed E-state index contributed by atoms with van der Waals surface area (Å²) in [5.74, 6) is 1.01. The predicted octanol–water partition coefficient (Wildman–Crippen LogP) is 3.79. The van der Waals surface area contributed by atoms with E-state index in [1.165, 1.54) is 0 Å². The molecule has 1 aliphatic rings. The Bertz CT molecular complexity index is 1280. The number of nitriles is 2. The second-order valence-corrected chi connectivity index (χ2v) is 7.19. The van der Waals surface area contributed by atoms with E-state index in [0.29, 0.717) is 35.1 Å². The van der Waals surface area contributed by atoms with Crippen molar-refractivity contribution in [2.75, 3.05) is 6.61 Å². The number of benzene rings is 2. The zero-order valence-electron chi connectivity index (χ0n) is 17.7. The van der Waals surface area contributed by atoms with Crippen molar-refractivity contribution in [3.8, 4) is 29.5 Å². The molecule has 0 amide bonds. The number of aromatic nitrogens is 2. The molecule has 32 heavy (non-hydrogen) atoms. The van der Waals surface area contributed by atoms with Gasteiger partial charge in [-0.3, -0.25) is 5.10 Å². The fraction of sp³-hybridized carbons (Fsp3) is 0.208. The van der Waals surface area contributed by atoms with Gasteiger partial charge in [0.15, 0.2) is 11.5 Å². The molecule has 160 valence electrons. The van der Waals surface area contributed by atoms with Gasteiger partial charge in [0.1, 0.15) is 18.2 Å². The standard InChI is InChI=1S/C24H21N5O3/c1-3-30-20-10-15(8-9-19(20)31-13-17-7-5-4-6-16(17)11-25)22-18(12-26)23(27)32-24-21(22)14(2)28-29-24/h4-10,22H,3,13,27H2,1-2H3,(H,28,29)/t22-/m1/s1. The van der Waals surface area contributed by atoms with Gasteiger partial charge in [-0.25, -0.2) is 0 Å². The lowest BCUT2D eigenvalue weighted by Crippen LogP contribution is -2.21. The molecule has 0 unspecified atom stereocenters. The van der Waals surface area contributed by atoms with E-state index >= 15 is 0 Å². The smallest absolute Gasteiger partial charge is 0.244 e. The third-order valence-corrected chi connectivity index (χ3v) is 5.25. The van der Waals surface area contributed by atoms with Crippen molar-refractivity contribution in [1.82, 2.24) is 10.2 Å². The van der Waals surface area contributed by atoms with Crippen molar-refractivity contribution in [1.29, 1.82) is 10.5 Å². The Labute approximate surface area is 185 Å². The molecule has 1 atom stereocenters. The summed E-state index contributed by atoms with van der Waals surface area (Å²) in [6.45, 7) is 4.40. The van der Waals surface area contributed by atoms with Crippen LogP contribution in [0.25, 0.3) is 0 Å². The predicted molar refractivity (Wildman–Crippen MR) is 116 cm³/mol. The molecule has 0 saturated carbocycles. The Morgan fingerprint density at radius 3 is 2.69 bits per heavy atom. The molecule has 3 N–H and O–H groups in total. The fourth-order valence-corrected chi connectivity index (χ4v) is 3.73. The highest BCUT2D eigenvalue weighted by molar-refractivity contribution is 5.57. The van der Waals surface area contributed by atoms with Crippen molar-refractivity contribution in [3.05, 3.63) is 81.9 Å². The largest absolute Gasteiger partial charge is 0.490 e. The third kappa shape index (κ3) is 3.70. The number of allylic oxidation sites excluding steroid dienone is 1. The molecule has 8 nitrogen and oxygen atoms in total. The molecule has 1 aromatic heterocycles. The van der Waals surface area contributed by atoms with Gasteiger partial charge in [-0.15, -0.1) is 5.10 Å². The number of aromatic amines is 1. The average molecular weight is 427 g/mol. The van der Waals surface area contributed by atoms with Crippen LogP contribution < -0.4 is 19.9 Å². The number of ether oxygens (including phenoxy) is 3. The maximum atomic E-state index is 9.75. The van der Waals surface area contributed by atoms with Crippen molar-refractivity contribution in [2.45, 2.75) is 26.4 Å². The van der Waals surface area contributed by atoms with E-state index in [4.69, 9.17) is 19.9 Å². The summed E-state index contributed by atoms with van der Waals surface area (Å²) in [5, 5.41) is 26.1. The molecule has 3 aromatic rings. The van der Waals surface area contributed by atoms with Crippen LogP contribution in [-0.2, 0) is 6.61 Å². The van der Waals surface area contributed by atoms with E-state index in [0.717, 1.165) is 22.4 Å². The van der Waals surface area contributed by atoms with E-state index in [9.17, 15) is 10.5 Å². The second-order valence-electron chi connectivity index (χ2n) is 7.19. The first-order valence-electron chi connectivity index (χ1n) is 10.1. The lowest BCUT2D eigenvalue weighted by molar-refractivity contribution is 0.269. The van der Waals surface area contributed by atoms with Gasteiger partial charge in [0, 0.05) is 16.8 Å². The number of nitrogens with zero attached hydrogens (tertiary/aromatic N) is 3. The molecule has 2 aromatic carbocycles. The summed E-state index contributed by atoms with van der Waals surface area (Å²) in [6.07, 6.45) is 0. The summed E-state index contributed by atoms with van der Waals surface area (Å²) in [6, 6.07) is 17.1. The van der Waals surface area contributed by atoms with Crippen LogP contribution in [0.2, 0.25) is 0 Å². The van der Waals surface area contributed by atoms with E-state index in [2.05, 4.69) is 22.3 Å². The van der Waals surface area contributed by atoms with Gasteiger partial charge in [-0.1, -0.05) is 24.3 Å². The van der Waals surface area contributed by atoms with E-state index in [-0.39, 0.29) is 12.5 Å². The summed E-state index contributed by atoms with van der Waals surface area (Å²) in [7, 11) is 0. The van der Waals surface area contributed by atoms with Gasteiger partial charge in [0.2, 0.25) is 11.8 Å². The van der Waals surface area contributed by atoms with Crippen LogP contribution in [0.15, 0.2) is 53.9 Å². The second kappa shape index (κ2) is 8.75. The Morgan fingerprint density at radius 1 is 1.12 bits per heavy atom. The monoisotopic (exact) mass is 427 g/mol. The molecule has 0 aliphatic carbocycles. The first-order valence-corrected chi connectivity index (χ1v) is 10.1. The number of nitrogens with one attached hydrogen (secondary N) is 1. The molecule has 0 bridgehead atoms. The lowest BCUT2D eigenvalue weighted by atomic mass is 9.84. The lowest BCUT2D eigenvalue weighted by Gasteiger charge is -2.24. The summed E-state index contributed by atoms with van der Waals surface area (Å²) >= 11 is 0. The zero-order valence-corrected chi connectivity index (χ0v) is 17.7. The SMILES string of the molecule is CCOc1cc([C@@H]2C(C#N)=C(N)Oc3n[nH]c(C)c32)ccc1OCc1ccccc1C#N. The number of aryl methyl sites for hydroxylation is 1. The minimum Gasteiger partial charge on any atom is -0.490 e. The average Bonchev–Trinajstić information content (AvgIpc) is 3.17. The number of H-pyrrole nitrogens is 1. The van der Waals surface area contributed by atoms with Gasteiger partial charge in [0.05, 0.1) is 24.2 Å². The molecule has 8 heteroatoms. The summed E-state index contributed by atoms with van der Waals surface area (Å²) in [5.41, 5.74) is 10.0. The fourth-order valence-electron chi connectivity index (χ4n) is 3.73. The van der Waals surface area contributed by atoms with Crippen molar-refractivity contribution in [2.24, 2.45) is 5.73 Å². The van der Waals surface area contributed by atoms with Gasteiger partial charge < -0.3 is 19.9 Å². The van der Waals surface area contributed by atoms with Crippen LogP contribution in [0.1, 0.15) is 40.8 Å². The van der Waals surface area contributed by atoms with E-state index in [1.807, 2.05) is 44.2 Å². The van der Waals surface area contributed by atoms with E-state index in [1.54, 1.807) is 12.1 Å².